The van der Waals surface area contributed by atoms with E-state index in [-0.39, 0.29) is 6.54 Å². The molecule has 19 heavy (non-hydrogen) atoms. The summed E-state index contributed by atoms with van der Waals surface area (Å²) in [6.07, 6.45) is 0.477. The van der Waals surface area contributed by atoms with E-state index in [4.69, 9.17) is 5.73 Å². The molecule has 2 unspecified atom stereocenters. The van der Waals surface area contributed by atoms with Crippen LogP contribution in [0, 0.1) is 16.7 Å². The summed E-state index contributed by atoms with van der Waals surface area (Å²) in [4.78, 5) is 36.4. The standard InChI is InChI=1S/C13H22N2O4/c1-12(2,3)8(10(17)18)9(16)15-6-5-13(4,7-15)11(14)19/h8H,5-7H2,1-4H3,(H2,14,19)(H,17,18). The predicted octanol–water partition coefficient (Wildman–Crippen LogP) is 0.457. The van der Waals surface area contributed by atoms with E-state index in [0.29, 0.717) is 13.0 Å². The van der Waals surface area contributed by atoms with Crippen LogP contribution in [0.25, 0.3) is 0 Å². The zero-order chi connectivity index (χ0) is 15.0. The van der Waals surface area contributed by atoms with Crippen LogP contribution in [0.1, 0.15) is 34.1 Å². The molecule has 1 fully saturated rings. The van der Waals surface area contributed by atoms with Crippen molar-refractivity contribution < 1.29 is 19.5 Å². The number of amides is 2. The first-order valence-electron chi connectivity index (χ1n) is 6.30. The lowest BCUT2D eigenvalue weighted by atomic mass is 9.80. The van der Waals surface area contributed by atoms with Crippen molar-refractivity contribution in [1.29, 1.82) is 0 Å². The normalized spacial score (nSPS) is 25.2. The molecule has 0 saturated carbocycles. The van der Waals surface area contributed by atoms with Crippen LogP contribution in [0.2, 0.25) is 0 Å². The van der Waals surface area contributed by atoms with Gasteiger partial charge in [-0.2, -0.15) is 0 Å². The fraction of sp³-hybridized carbons (Fsp3) is 0.769. The van der Waals surface area contributed by atoms with Crippen LogP contribution >= 0.6 is 0 Å². The van der Waals surface area contributed by atoms with Crippen molar-refractivity contribution in [3.63, 3.8) is 0 Å². The van der Waals surface area contributed by atoms with Crippen LogP contribution in [0.5, 0.6) is 0 Å². The summed E-state index contributed by atoms with van der Waals surface area (Å²) in [5, 5.41) is 9.24. The van der Waals surface area contributed by atoms with Crippen molar-refractivity contribution in [2.75, 3.05) is 13.1 Å². The van der Waals surface area contributed by atoms with Crippen LogP contribution in [-0.4, -0.2) is 40.9 Å². The summed E-state index contributed by atoms with van der Waals surface area (Å²) in [6.45, 7) is 7.42. The van der Waals surface area contributed by atoms with Gasteiger partial charge in [-0.15, -0.1) is 0 Å². The second-order valence-corrected chi connectivity index (χ2v) is 6.57. The van der Waals surface area contributed by atoms with Crippen molar-refractivity contribution in [3.8, 4) is 0 Å². The molecule has 2 amide bonds. The van der Waals surface area contributed by atoms with Crippen LogP contribution in [0.4, 0.5) is 0 Å². The van der Waals surface area contributed by atoms with Gasteiger partial charge in [-0.1, -0.05) is 20.8 Å². The first-order chi connectivity index (χ1) is 8.49. The molecule has 0 aromatic carbocycles. The molecule has 0 bridgehead atoms. The van der Waals surface area contributed by atoms with Crippen LogP contribution in [0.3, 0.4) is 0 Å². The van der Waals surface area contributed by atoms with E-state index < -0.39 is 34.5 Å². The quantitative estimate of drug-likeness (QED) is 0.727. The number of rotatable bonds is 3. The average Bonchev–Trinajstić information content (AvgIpc) is 2.59. The lowest BCUT2D eigenvalue weighted by molar-refractivity contribution is -0.155. The smallest absolute Gasteiger partial charge is 0.316 e. The van der Waals surface area contributed by atoms with E-state index in [9.17, 15) is 19.5 Å². The number of nitrogens with zero attached hydrogens (tertiary/aromatic N) is 1. The lowest BCUT2D eigenvalue weighted by Crippen LogP contribution is -2.46. The van der Waals surface area contributed by atoms with Gasteiger partial charge in [0.25, 0.3) is 0 Å². The topological polar surface area (TPSA) is 101 Å². The summed E-state index contributed by atoms with van der Waals surface area (Å²) in [5.41, 5.74) is 3.90. The molecule has 1 aliphatic rings. The molecule has 0 spiro atoms. The summed E-state index contributed by atoms with van der Waals surface area (Å²) in [6, 6.07) is 0. The van der Waals surface area contributed by atoms with Crippen molar-refractivity contribution in [1.82, 2.24) is 4.90 Å². The van der Waals surface area contributed by atoms with E-state index in [2.05, 4.69) is 0 Å². The maximum Gasteiger partial charge on any atom is 0.316 e. The van der Waals surface area contributed by atoms with Crippen LogP contribution < -0.4 is 5.73 Å². The lowest BCUT2D eigenvalue weighted by Gasteiger charge is -2.30. The molecule has 0 aromatic rings. The Morgan fingerprint density at radius 1 is 1.32 bits per heavy atom. The summed E-state index contributed by atoms with van der Waals surface area (Å²) in [5.74, 6) is -3.14. The molecule has 1 aliphatic heterocycles. The molecule has 6 nitrogen and oxygen atoms in total. The van der Waals surface area contributed by atoms with E-state index >= 15 is 0 Å². The molecule has 0 aromatic heterocycles. The van der Waals surface area contributed by atoms with Gasteiger partial charge in [0.05, 0.1) is 5.41 Å². The third-order valence-electron chi connectivity index (χ3n) is 3.74. The number of carbonyl (C=O) groups is 3. The summed E-state index contributed by atoms with van der Waals surface area (Å²) >= 11 is 0. The fourth-order valence-corrected chi connectivity index (χ4v) is 2.38. The molecule has 1 heterocycles. The second kappa shape index (κ2) is 4.83. The first-order valence-corrected chi connectivity index (χ1v) is 6.30. The summed E-state index contributed by atoms with van der Waals surface area (Å²) < 4.78 is 0. The van der Waals surface area contributed by atoms with Crippen molar-refractivity contribution in [2.24, 2.45) is 22.5 Å². The summed E-state index contributed by atoms with van der Waals surface area (Å²) in [7, 11) is 0. The molecule has 0 radical (unpaired) electrons. The van der Waals surface area contributed by atoms with Gasteiger partial charge in [0.1, 0.15) is 5.92 Å². The van der Waals surface area contributed by atoms with Crippen LogP contribution in [0.15, 0.2) is 0 Å². The van der Waals surface area contributed by atoms with Gasteiger partial charge < -0.3 is 15.7 Å². The van der Waals surface area contributed by atoms with Gasteiger partial charge in [0.15, 0.2) is 0 Å². The Bertz CT molecular complexity index is 413. The highest BCUT2D eigenvalue weighted by molar-refractivity contribution is 5.98. The number of carboxylic acid groups (broad SMARTS) is 1. The fourth-order valence-electron chi connectivity index (χ4n) is 2.38. The number of primary amides is 1. The highest BCUT2D eigenvalue weighted by Crippen LogP contribution is 2.34. The number of nitrogens with two attached hydrogens (primary N) is 1. The number of aliphatic carboxylic acids is 1. The molecule has 3 N–H and O–H groups in total. The Morgan fingerprint density at radius 2 is 1.84 bits per heavy atom. The van der Waals surface area contributed by atoms with Crippen LogP contribution in [-0.2, 0) is 14.4 Å². The molecule has 108 valence electrons. The highest BCUT2D eigenvalue weighted by atomic mass is 16.4. The Labute approximate surface area is 112 Å². The highest BCUT2D eigenvalue weighted by Gasteiger charge is 2.46. The largest absolute Gasteiger partial charge is 0.481 e. The molecule has 1 rings (SSSR count). The number of likely N-dealkylation sites (tertiary alicyclic amines) is 1. The third kappa shape index (κ3) is 3.05. The molecule has 1 saturated heterocycles. The Morgan fingerprint density at radius 3 is 2.16 bits per heavy atom. The zero-order valence-electron chi connectivity index (χ0n) is 11.9. The van der Waals surface area contributed by atoms with Gasteiger partial charge in [0, 0.05) is 13.1 Å². The average molecular weight is 270 g/mol. The number of hydrogen-bond donors (Lipinski definition) is 2. The number of carbonyl (C=O) groups excluding carboxylic acids is 2. The molecule has 2 atom stereocenters. The van der Waals surface area contributed by atoms with Crippen molar-refractivity contribution in [3.05, 3.63) is 0 Å². The van der Waals surface area contributed by atoms with E-state index in [1.54, 1.807) is 27.7 Å². The Balaban J connectivity index is 2.90. The van der Waals surface area contributed by atoms with Crippen molar-refractivity contribution >= 4 is 17.8 Å². The first kappa shape index (κ1) is 15.5. The maximum absolute atomic E-state index is 12.3. The number of carboxylic acids is 1. The third-order valence-corrected chi connectivity index (χ3v) is 3.74. The van der Waals surface area contributed by atoms with Gasteiger partial charge in [-0.25, -0.2) is 0 Å². The van der Waals surface area contributed by atoms with Gasteiger partial charge in [-0.05, 0) is 18.8 Å². The predicted molar refractivity (Wildman–Crippen MR) is 69.1 cm³/mol. The van der Waals surface area contributed by atoms with Gasteiger partial charge in [0.2, 0.25) is 11.8 Å². The Kier molecular flexibility index (Phi) is 3.93. The molecular weight excluding hydrogens is 248 g/mol. The van der Waals surface area contributed by atoms with Gasteiger partial charge in [-0.3, -0.25) is 14.4 Å². The van der Waals surface area contributed by atoms with E-state index in [1.165, 1.54) is 4.90 Å². The van der Waals surface area contributed by atoms with E-state index in [1.807, 2.05) is 0 Å². The Hall–Kier alpha value is -1.59. The maximum atomic E-state index is 12.3. The van der Waals surface area contributed by atoms with Gasteiger partial charge >= 0.3 is 5.97 Å². The second-order valence-electron chi connectivity index (χ2n) is 6.57. The van der Waals surface area contributed by atoms with E-state index in [0.717, 1.165) is 0 Å². The monoisotopic (exact) mass is 270 g/mol. The molecule has 0 aliphatic carbocycles. The minimum atomic E-state index is -1.13. The molecular formula is C13H22N2O4. The zero-order valence-corrected chi connectivity index (χ0v) is 11.9. The SMILES string of the molecule is CC1(C(N)=O)CCN(C(=O)C(C(=O)O)C(C)(C)C)C1. The minimum absolute atomic E-state index is 0.195. The minimum Gasteiger partial charge on any atom is -0.481 e. The van der Waals surface area contributed by atoms with Crippen molar-refractivity contribution in [2.45, 2.75) is 34.1 Å². The molecule has 6 heteroatoms. The number of hydrogen-bond acceptors (Lipinski definition) is 3.